The van der Waals surface area contributed by atoms with Crippen LogP contribution in [0.5, 0.6) is 11.5 Å². The van der Waals surface area contributed by atoms with Crippen LogP contribution in [-0.2, 0) is 4.79 Å². The van der Waals surface area contributed by atoms with E-state index < -0.39 is 0 Å². The number of benzene rings is 2. The molecule has 2 nitrogen and oxygen atoms in total. The van der Waals surface area contributed by atoms with Gasteiger partial charge in [0.25, 0.3) is 0 Å². The molecule has 0 N–H and O–H groups in total. The highest BCUT2D eigenvalue weighted by Gasteiger charge is 2.06. The average molecular weight is 239 g/mol. The van der Waals surface area contributed by atoms with Crippen molar-refractivity contribution < 1.29 is 9.53 Å². The Morgan fingerprint density at radius 1 is 0.944 bits per heavy atom. The van der Waals surface area contributed by atoms with Gasteiger partial charge in [-0.15, -0.1) is 0 Å². The van der Waals surface area contributed by atoms with Gasteiger partial charge in [0.05, 0.1) is 0 Å². The molecule has 0 bridgehead atoms. The SMILES string of the molecule is Cc1cc(C)c(Oc2ccc([C]=O)cc2)c(C)c1. The summed E-state index contributed by atoms with van der Waals surface area (Å²) < 4.78 is 5.86. The number of hydrogen-bond acceptors (Lipinski definition) is 2. The molecule has 0 atom stereocenters. The zero-order valence-electron chi connectivity index (χ0n) is 10.8. The molecule has 0 aromatic heterocycles. The number of hydrogen-bond donors (Lipinski definition) is 0. The fraction of sp³-hybridized carbons (Fsp3) is 0.188. The lowest BCUT2D eigenvalue weighted by Crippen LogP contribution is -1.92. The van der Waals surface area contributed by atoms with E-state index in [0.29, 0.717) is 5.56 Å². The summed E-state index contributed by atoms with van der Waals surface area (Å²) in [7, 11) is 0. The lowest BCUT2D eigenvalue weighted by atomic mass is 10.1. The molecule has 2 aromatic rings. The Bertz CT molecular complexity index is 545. The fourth-order valence-corrected chi connectivity index (χ4v) is 2.04. The molecule has 2 heteroatoms. The van der Waals surface area contributed by atoms with Crippen molar-refractivity contribution in [2.75, 3.05) is 0 Å². The highest BCUT2D eigenvalue weighted by molar-refractivity contribution is 5.75. The summed E-state index contributed by atoms with van der Waals surface area (Å²) in [6.45, 7) is 6.13. The second-order valence-electron chi connectivity index (χ2n) is 4.46. The molecule has 0 aliphatic rings. The van der Waals surface area contributed by atoms with Gasteiger partial charge in [-0.3, -0.25) is 4.79 Å². The van der Waals surface area contributed by atoms with Crippen LogP contribution in [0.15, 0.2) is 36.4 Å². The molecular weight excluding hydrogens is 224 g/mol. The summed E-state index contributed by atoms with van der Waals surface area (Å²) in [5, 5.41) is 0. The van der Waals surface area contributed by atoms with Crippen molar-refractivity contribution in [2.45, 2.75) is 20.8 Å². The summed E-state index contributed by atoms with van der Waals surface area (Å²) in [6.07, 6.45) is 1.84. The minimum Gasteiger partial charge on any atom is -0.457 e. The van der Waals surface area contributed by atoms with Crippen LogP contribution in [0, 0.1) is 20.8 Å². The van der Waals surface area contributed by atoms with Gasteiger partial charge in [0, 0.05) is 5.56 Å². The summed E-state index contributed by atoms with van der Waals surface area (Å²) >= 11 is 0. The number of aryl methyl sites for hydroxylation is 3. The van der Waals surface area contributed by atoms with Crippen LogP contribution in [0.1, 0.15) is 22.3 Å². The van der Waals surface area contributed by atoms with Gasteiger partial charge in [-0.05, 0) is 56.2 Å². The molecule has 2 aromatic carbocycles. The van der Waals surface area contributed by atoms with Gasteiger partial charge >= 0.3 is 0 Å². The highest BCUT2D eigenvalue weighted by atomic mass is 16.5. The Balaban J connectivity index is 2.30. The van der Waals surface area contributed by atoms with Crippen LogP contribution < -0.4 is 4.74 Å². The van der Waals surface area contributed by atoms with Crippen molar-refractivity contribution >= 4 is 6.29 Å². The molecule has 0 saturated heterocycles. The van der Waals surface area contributed by atoms with Crippen LogP contribution in [0.2, 0.25) is 0 Å². The lowest BCUT2D eigenvalue weighted by molar-refractivity contribution is 0.475. The van der Waals surface area contributed by atoms with Gasteiger partial charge in [0.1, 0.15) is 11.5 Å². The first-order valence-corrected chi connectivity index (χ1v) is 5.84. The van der Waals surface area contributed by atoms with Crippen LogP contribution in [0.4, 0.5) is 0 Å². The van der Waals surface area contributed by atoms with Crippen molar-refractivity contribution in [2.24, 2.45) is 0 Å². The third-order valence-electron chi connectivity index (χ3n) is 2.80. The molecule has 0 saturated carbocycles. The molecule has 2 rings (SSSR count). The molecule has 0 aliphatic heterocycles. The molecule has 0 fully saturated rings. The standard InChI is InChI=1S/C16H15O2/c1-11-8-12(2)16(13(3)9-11)18-15-6-4-14(10-17)5-7-15/h4-9H,1-3H3. The molecule has 0 aliphatic carbocycles. The molecule has 0 heterocycles. The molecule has 0 unspecified atom stereocenters. The van der Waals surface area contributed by atoms with Crippen molar-refractivity contribution in [1.82, 2.24) is 0 Å². The Morgan fingerprint density at radius 2 is 1.50 bits per heavy atom. The summed E-state index contributed by atoms with van der Waals surface area (Å²) in [6, 6.07) is 11.1. The number of ether oxygens (including phenoxy) is 1. The van der Waals surface area contributed by atoms with Crippen molar-refractivity contribution in [3.8, 4) is 11.5 Å². The minimum absolute atomic E-state index is 0.528. The fourth-order valence-electron chi connectivity index (χ4n) is 2.04. The summed E-state index contributed by atoms with van der Waals surface area (Å²) in [5.74, 6) is 1.60. The number of carbonyl (C=O) groups excluding carboxylic acids is 1. The van der Waals surface area contributed by atoms with Crippen LogP contribution in [-0.4, -0.2) is 6.29 Å². The van der Waals surface area contributed by atoms with Crippen molar-refractivity contribution in [3.05, 3.63) is 58.7 Å². The zero-order valence-corrected chi connectivity index (χ0v) is 10.8. The smallest absolute Gasteiger partial charge is 0.233 e. The Morgan fingerprint density at radius 3 is 2.00 bits per heavy atom. The predicted molar refractivity (Wildman–Crippen MR) is 72.0 cm³/mol. The third-order valence-corrected chi connectivity index (χ3v) is 2.80. The summed E-state index contributed by atoms with van der Waals surface area (Å²) in [5.41, 5.74) is 3.97. The van der Waals surface area contributed by atoms with E-state index in [-0.39, 0.29) is 0 Å². The van der Waals surface area contributed by atoms with E-state index in [4.69, 9.17) is 4.74 Å². The Labute approximate surface area is 107 Å². The van der Waals surface area contributed by atoms with E-state index in [0.717, 1.165) is 22.6 Å². The largest absolute Gasteiger partial charge is 0.457 e. The van der Waals surface area contributed by atoms with Gasteiger partial charge < -0.3 is 4.74 Å². The maximum Gasteiger partial charge on any atom is 0.233 e. The Hall–Kier alpha value is -2.09. The maximum absolute atomic E-state index is 10.5. The first-order valence-electron chi connectivity index (χ1n) is 5.84. The van der Waals surface area contributed by atoms with Gasteiger partial charge in [0.15, 0.2) is 0 Å². The molecular formula is C16H15O2. The second-order valence-corrected chi connectivity index (χ2v) is 4.46. The average Bonchev–Trinajstić information content (AvgIpc) is 2.34. The molecule has 18 heavy (non-hydrogen) atoms. The number of rotatable bonds is 3. The van der Waals surface area contributed by atoms with Crippen molar-refractivity contribution in [3.63, 3.8) is 0 Å². The highest BCUT2D eigenvalue weighted by Crippen LogP contribution is 2.29. The topological polar surface area (TPSA) is 26.3 Å². The van der Waals surface area contributed by atoms with E-state index in [1.807, 2.05) is 20.1 Å². The van der Waals surface area contributed by atoms with Gasteiger partial charge in [-0.2, -0.15) is 0 Å². The minimum atomic E-state index is 0.528. The van der Waals surface area contributed by atoms with E-state index in [1.165, 1.54) is 5.56 Å². The van der Waals surface area contributed by atoms with Gasteiger partial charge in [-0.25, -0.2) is 0 Å². The van der Waals surface area contributed by atoms with Crippen LogP contribution in [0.25, 0.3) is 0 Å². The third kappa shape index (κ3) is 2.59. The van der Waals surface area contributed by atoms with E-state index in [2.05, 4.69) is 19.1 Å². The van der Waals surface area contributed by atoms with E-state index in [9.17, 15) is 4.79 Å². The monoisotopic (exact) mass is 239 g/mol. The first kappa shape index (κ1) is 12.4. The molecule has 0 spiro atoms. The summed E-state index contributed by atoms with van der Waals surface area (Å²) in [4.78, 5) is 10.5. The van der Waals surface area contributed by atoms with Gasteiger partial charge in [0.2, 0.25) is 6.29 Å². The quantitative estimate of drug-likeness (QED) is 0.813. The Kier molecular flexibility index (Phi) is 3.47. The normalized spacial score (nSPS) is 10.2. The molecule has 91 valence electrons. The maximum atomic E-state index is 10.5. The van der Waals surface area contributed by atoms with E-state index in [1.54, 1.807) is 24.3 Å². The van der Waals surface area contributed by atoms with Gasteiger partial charge in [-0.1, -0.05) is 17.7 Å². The zero-order chi connectivity index (χ0) is 13.1. The molecule has 0 amide bonds. The van der Waals surface area contributed by atoms with E-state index >= 15 is 0 Å². The van der Waals surface area contributed by atoms with Crippen LogP contribution in [0.3, 0.4) is 0 Å². The molecule has 1 radical (unpaired) electrons. The van der Waals surface area contributed by atoms with Crippen LogP contribution >= 0.6 is 0 Å². The van der Waals surface area contributed by atoms with Crippen molar-refractivity contribution in [1.29, 1.82) is 0 Å². The predicted octanol–water partition coefficient (Wildman–Crippen LogP) is 3.86. The first-order chi connectivity index (χ1) is 8.60. The lowest BCUT2D eigenvalue weighted by Gasteiger charge is -2.12. The second kappa shape index (κ2) is 5.05.